The molecule has 1 saturated carbocycles. The number of pyridine rings is 1. The van der Waals surface area contributed by atoms with Gasteiger partial charge in [-0.2, -0.15) is 0 Å². The van der Waals surface area contributed by atoms with Crippen molar-refractivity contribution in [1.82, 2.24) is 9.88 Å². The van der Waals surface area contributed by atoms with Gasteiger partial charge in [0, 0.05) is 12.6 Å². The van der Waals surface area contributed by atoms with Crippen LogP contribution < -0.4 is 5.32 Å². The highest BCUT2D eigenvalue weighted by Gasteiger charge is 2.58. The molecule has 4 aliphatic rings. The monoisotopic (exact) mass is 401 g/mol. The molecule has 5 unspecified atom stereocenters. The number of nitrogens with zero attached hydrogens (tertiary/aromatic N) is 2. The molecule has 1 N–H and O–H groups in total. The summed E-state index contributed by atoms with van der Waals surface area (Å²) in [5, 5.41) is 2.79. The number of hydrogen-bond acceptors (Lipinski definition) is 4. The maximum Gasteiger partial charge on any atom is 0.249 e. The van der Waals surface area contributed by atoms with E-state index >= 15 is 0 Å². The van der Waals surface area contributed by atoms with E-state index in [1.807, 2.05) is 30.3 Å². The van der Waals surface area contributed by atoms with Gasteiger partial charge in [0.05, 0.1) is 11.8 Å². The lowest BCUT2D eigenvalue weighted by Gasteiger charge is -2.38. The van der Waals surface area contributed by atoms with Crippen molar-refractivity contribution in [3.8, 4) is 0 Å². The summed E-state index contributed by atoms with van der Waals surface area (Å²) in [4.78, 5) is 45.5. The van der Waals surface area contributed by atoms with E-state index in [1.165, 1.54) is 4.90 Å². The molecule has 1 aliphatic heterocycles. The van der Waals surface area contributed by atoms with E-state index in [0.717, 1.165) is 18.4 Å². The smallest absolute Gasteiger partial charge is 0.249 e. The van der Waals surface area contributed by atoms with Crippen molar-refractivity contribution >= 4 is 23.5 Å². The van der Waals surface area contributed by atoms with Crippen LogP contribution in [0.3, 0.4) is 0 Å². The van der Waals surface area contributed by atoms with E-state index in [2.05, 4.69) is 22.5 Å². The fourth-order valence-corrected chi connectivity index (χ4v) is 5.19. The highest BCUT2D eigenvalue weighted by atomic mass is 16.2. The minimum atomic E-state index is -0.903. The highest BCUT2D eigenvalue weighted by Crippen LogP contribution is 2.50. The number of hydrogen-bond donors (Lipinski definition) is 1. The van der Waals surface area contributed by atoms with Gasteiger partial charge in [-0.3, -0.25) is 19.3 Å². The minimum absolute atomic E-state index is 0.0951. The fourth-order valence-electron chi connectivity index (χ4n) is 5.19. The van der Waals surface area contributed by atoms with Crippen LogP contribution in [0.25, 0.3) is 0 Å². The van der Waals surface area contributed by atoms with Gasteiger partial charge in [-0.05, 0) is 42.4 Å². The van der Waals surface area contributed by atoms with Gasteiger partial charge >= 0.3 is 0 Å². The summed E-state index contributed by atoms with van der Waals surface area (Å²) in [7, 11) is 0. The Morgan fingerprint density at radius 2 is 1.60 bits per heavy atom. The first-order valence-corrected chi connectivity index (χ1v) is 10.4. The van der Waals surface area contributed by atoms with Crippen molar-refractivity contribution in [1.29, 1.82) is 0 Å². The fraction of sp³-hybridized carbons (Fsp3) is 0.333. The molecule has 0 radical (unpaired) electrons. The maximum atomic E-state index is 13.4. The van der Waals surface area contributed by atoms with Crippen LogP contribution in [0.4, 0.5) is 5.82 Å². The van der Waals surface area contributed by atoms with Gasteiger partial charge in [0.1, 0.15) is 11.9 Å². The molecular weight excluding hydrogens is 378 g/mol. The highest BCUT2D eigenvalue weighted by molar-refractivity contribution is 6.10. The van der Waals surface area contributed by atoms with Crippen LogP contribution in [-0.2, 0) is 20.8 Å². The summed E-state index contributed by atoms with van der Waals surface area (Å²) in [6.45, 7) is 0. The van der Waals surface area contributed by atoms with Crippen LogP contribution in [0.5, 0.6) is 0 Å². The van der Waals surface area contributed by atoms with Gasteiger partial charge in [0.15, 0.2) is 0 Å². The van der Waals surface area contributed by atoms with Crippen LogP contribution in [0.15, 0.2) is 66.9 Å². The van der Waals surface area contributed by atoms with Crippen molar-refractivity contribution in [2.45, 2.75) is 25.3 Å². The lowest BCUT2D eigenvalue weighted by molar-refractivity contribution is -0.146. The number of benzene rings is 1. The van der Waals surface area contributed by atoms with Gasteiger partial charge in [0.25, 0.3) is 0 Å². The summed E-state index contributed by atoms with van der Waals surface area (Å²) in [5.41, 5.74) is 0.898. The van der Waals surface area contributed by atoms with Crippen molar-refractivity contribution in [3.05, 3.63) is 72.4 Å². The molecule has 0 spiro atoms. The zero-order valence-electron chi connectivity index (χ0n) is 16.5. The number of amides is 3. The first-order valence-electron chi connectivity index (χ1n) is 10.4. The largest absolute Gasteiger partial charge is 0.309 e. The predicted octanol–water partition coefficient (Wildman–Crippen LogP) is 2.83. The lowest BCUT2D eigenvalue weighted by Crippen LogP contribution is -2.49. The Morgan fingerprint density at radius 1 is 0.967 bits per heavy atom. The van der Waals surface area contributed by atoms with E-state index in [9.17, 15) is 14.4 Å². The first kappa shape index (κ1) is 18.7. The molecule has 152 valence electrons. The normalized spacial score (nSPS) is 27.8. The predicted molar refractivity (Wildman–Crippen MR) is 111 cm³/mol. The minimum Gasteiger partial charge on any atom is -0.309 e. The molecule has 5 atom stereocenters. The van der Waals surface area contributed by atoms with E-state index in [0.29, 0.717) is 5.82 Å². The Balaban J connectivity index is 1.47. The summed E-state index contributed by atoms with van der Waals surface area (Å²) in [6, 6.07) is 13.8. The van der Waals surface area contributed by atoms with Crippen LogP contribution in [-0.4, -0.2) is 33.6 Å². The molecule has 1 aromatic heterocycles. The van der Waals surface area contributed by atoms with Crippen LogP contribution in [0, 0.1) is 23.7 Å². The van der Waals surface area contributed by atoms with E-state index in [-0.39, 0.29) is 41.9 Å². The van der Waals surface area contributed by atoms with Crippen LogP contribution >= 0.6 is 0 Å². The van der Waals surface area contributed by atoms with Gasteiger partial charge in [-0.25, -0.2) is 4.98 Å². The zero-order valence-corrected chi connectivity index (χ0v) is 16.5. The maximum absolute atomic E-state index is 13.4. The van der Waals surface area contributed by atoms with Crippen LogP contribution in [0.1, 0.15) is 18.4 Å². The number of nitrogens with one attached hydrogen (secondary N) is 1. The van der Waals surface area contributed by atoms with Gasteiger partial charge in [-0.1, -0.05) is 48.6 Å². The topological polar surface area (TPSA) is 79.4 Å². The number of anilines is 1. The quantitative estimate of drug-likeness (QED) is 0.617. The molecule has 30 heavy (non-hydrogen) atoms. The number of rotatable bonds is 5. The average Bonchev–Trinajstić information content (AvgIpc) is 3.07. The zero-order chi connectivity index (χ0) is 20.7. The summed E-state index contributed by atoms with van der Waals surface area (Å²) in [5.74, 6) is -0.876. The number of aromatic nitrogens is 1. The van der Waals surface area contributed by atoms with Gasteiger partial charge in [-0.15, -0.1) is 0 Å². The Morgan fingerprint density at radius 3 is 2.17 bits per heavy atom. The molecule has 3 aliphatic carbocycles. The van der Waals surface area contributed by atoms with Crippen molar-refractivity contribution in [2.24, 2.45) is 23.7 Å². The first-order chi connectivity index (χ1) is 14.6. The average molecular weight is 401 g/mol. The van der Waals surface area contributed by atoms with Crippen LogP contribution in [0.2, 0.25) is 0 Å². The van der Waals surface area contributed by atoms with Gasteiger partial charge in [0.2, 0.25) is 17.7 Å². The second kappa shape index (κ2) is 7.52. The van der Waals surface area contributed by atoms with E-state index in [1.54, 1.807) is 24.4 Å². The molecule has 6 heteroatoms. The van der Waals surface area contributed by atoms with Crippen molar-refractivity contribution < 1.29 is 14.4 Å². The molecule has 2 heterocycles. The second-order valence-electron chi connectivity index (χ2n) is 8.30. The third-order valence-electron chi connectivity index (χ3n) is 6.60. The van der Waals surface area contributed by atoms with Gasteiger partial charge < -0.3 is 5.32 Å². The number of fused-ring (bicyclic) bond motifs is 1. The molecule has 1 saturated heterocycles. The molecule has 6 rings (SSSR count). The third-order valence-corrected chi connectivity index (χ3v) is 6.60. The molecule has 2 bridgehead atoms. The number of carbonyl (C=O) groups excluding carboxylic acids is 3. The van der Waals surface area contributed by atoms with Crippen molar-refractivity contribution in [2.75, 3.05) is 5.32 Å². The number of carbonyl (C=O) groups is 3. The molecule has 2 fully saturated rings. The molecular formula is C24H23N3O3. The Labute approximate surface area is 175 Å². The Kier molecular flexibility index (Phi) is 4.69. The summed E-state index contributed by atoms with van der Waals surface area (Å²) < 4.78 is 0. The van der Waals surface area contributed by atoms with E-state index < -0.39 is 11.9 Å². The van der Waals surface area contributed by atoms with Crippen molar-refractivity contribution in [3.63, 3.8) is 0 Å². The SMILES string of the molecule is O=C(Nc1ccccn1)C(Cc1ccccc1)N1C(=O)C2C3C=CC(CC3)C2C1=O. The summed E-state index contributed by atoms with van der Waals surface area (Å²) >= 11 is 0. The summed E-state index contributed by atoms with van der Waals surface area (Å²) in [6.07, 6.45) is 7.90. The molecule has 2 aromatic rings. The third kappa shape index (κ3) is 3.12. The number of imide groups is 1. The Bertz CT molecular complexity index is 973. The van der Waals surface area contributed by atoms with E-state index in [4.69, 9.17) is 0 Å². The Hall–Kier alpha value is -3.28. The molecule has 1 aromatic carbocycles. The lowest BCUT2D eigenvalue weighted by atomic mass is 9.63. The standard InChI is InChI=1S/C24H23N3O3/c28-22(26-19-8-4-5-13-25-19)18(14-15-6-2-1-3-7-15)27-23(29)20-16-9-10-17(12-11-16)21(20)24(27)30/h1-10,13,16-18,20-21H,11-12,14H2,(H,25,26,28). The molecule has 3 amide bonds. The second-order valence-corrected chi connectivity index (χ2v) is 8.30. The number of allylic oxidation sites excluding steroid dienone is 2. The number of likely N-dealkylation sites (tertiary alicyclic amines) is 1. The molecule has 6 nitrogen and oxygen atoms in total.